The maximum atomic E-state index is 12.6. The van der Waals surface area contributed by atoms with Crippen molar-refractivity contribution in [3.63, 3.8) is 0 Å². The van der Waals surface area contributed by atoms with E-state index in [-0.39, 0.29) is 12.5 Å². The van der Waals surface area contributed by atoms with Gasteiger partial charge >= 0.3 is 0 Å². The first-order valence-electron chi connectivity index (χ1n) is 9.21. The van der Waals surface area contributed by atoms with Gasteiger partial charge in [0.2, 0.25) is 0 Å². The van der Waals surface area contributed by atoms with E-state index in [4.69, 9.17) is 23.2 Å². The number of aromatic nitrogens is 6. The number of hydrogen-bond donors (Lipinski definition) is 1. The fourth-order valence-electron chi connectivity index (χ4n) is 3.28. The second kappa shape index (κ2) is 7.99. The van der Waals surface area contributed by atoms with Crippen LogP contribution in [-0.4, -0.2) is 34.5 Å². The molecule has 0 atom stereocenters. The number of nitrogens with one attached hydrogen (secondary N) is 1. The molecule has 0 aliphatic rings. The number of amides is 1. The summed E-state index contributed by atoms with van der Waals surface area (Å²) < 4.78 is 6.09. The number of pyridine rings is 2. The summed E-state index contributed by atoms with van der Waals surface area (Å²) in [6, 6.07) is 7.31. The third kappa shape index (κ3) is 3.91. The molecule has 1 amide bonds. The topological polar surface area (TPSA) is 81.5 Å². The summed E-state index contributed by atoms with van der Waals surface area (Å²) >= 11 is 15.8. The van der Waals surface area contributed by atoms with Gasteiger partial charge in [-0.1, -0.05) is 23.2 Å². The van der Waals surface area contributed by atoms with E-state index in [1.165, 1.54) is 6.20 Å². The molecule has 5 aromatic heterocycles. The number of imidazole rings is 2. The zero-order valence-corrected chi connectivity index (χ0v) is 18.9. The molecule has 156 valence electrons. The van der Waals surface area contributed by atoms with Gasteiger partial charge in [-0.15, -0.1) is 0 Å². The van der Waals surface area contributed by atoms with Crippen molar-refractivity contribution in [2.24, 2.45) is 0 Å². The number of hydrogen-bond acceptors (Lipinski definition) is 4. The van der Waals surface area contributed by atoms with Crippen LogP contribution in [0.4, 0.5) is 0 Å². The maximum absolute atomic E-state index is 12.6. The average Bonchev–Trinajstić information content (AvgIpc) is 3.48. The number of rotatable bonds is 5. The third-order valence-corrected chi connectivity index (χ3v) is 6.28. The molecule has 0 radical (unpaired) electrons. The van der Waals surface area contributed by atoms with Crippen LogP contribution in [0.3, 0.4) is 0 Å². The van der Waals surface area contributed by atoms with E-state index < -0.39 is 0 Å². The highest BCUT2D eigenvalue weighted by Crippen LogP contribution is 2.24. The molecular weight excluding hydrogens is 505 g/mol. The first kappa shape index (κ1) is 20.0. The fourth-order valence-corrected chi connectivity index (χ4v) is 3.96. The van der Waals surface area contributed by atoms with Gasteiger partial charge in [-0.2, -0.15) is 5.10 Å². The molecule has 8 nitrogen and oxygen atoms in total. The van der Waals surface area contributed by atoms with Crippen molar-refractivity contribution in [3.05, 3.63) is 87.0 Å². The zero-order chi connectivity index (χ0) is 21.5. The molecule has 0 saturated carbocycles. The molecule has 0 fully saturated rings. The minimum Gasteiger partial charge on any atom is -0.346 e. The number of nitrogens with zero attached hydrogens (tertiary/aromatic N) is 6. The van der Waals surface area contributed by atoms with Gasteiger partial charge in [0.05, 0.1) is 52.6 Å². The lowest BCUT2D eigenvalue weighted by molar-refractivity contribution is 0.0950. The molecule has 0 unspecified atom stereocenters. The molecule has 1 N–H and O–H groups in total. The molecule has 11 heteroatoms. The molecule has 31 heavy (non-hydrogen) atoms. The summed E-state index contributed by atoms with van der Waals surface area (Å²) in [5.74, 6) is -0.239. The van der Waals surface area contributed by atoms with Crippen LogP contribution in [0.15, 0.2) is 59.9 Å². The van der Waals surface area contributed by atoms with Crippen LogP contribution in [0, 0.1) is 0 Å². The van der Waals surface area contributed by atoms with Crippen LogP contribution >= 0.6 is 39.1 Å². The molecule has 5 aromatic rings. The third-order valence-electron chi connectivity index (χ3n) is 4.79. The Labute approximate surface area is 194 Å². The summed E-state index contributed by atoms with van der Waals surface area (Å²) in [6.45, 7) is 0.688. The molecule has 0 bridgehead atoms. The number of carbonyl (C=O) groups is 1. The number of halogens is 3. The van der Waals surface area contributed by atoms with E-state index in [0.29, 0.717) is 22.3 Å². The van der Waals surface area contributed by atoms with E-state index in [0.717, 1.165) is 27.0 Å². The zero-order valence-electron chi connectivity index (χ0n) is 15.8. The van der Waals surface area contributed by atoms with Gasteiger partial charge in [0.1, 0.15) is 10.8 Å². The predicted octanol–water partition coefficient (Wildman–Crippen LogP) is 4.23. The Morgan fingerprint density at radius 1 is 1.19 bits per heavy atom. The van der Waals surface area contributed by atoms with Crippen LogP contribution in [0.2, 0.25) is 10.2 Å². The molecule has 0 aliphatic carbocycles. The van der Waals surface area contributed by atoms with Crippen molar-refractivity contribution < 1.29 is 4.79 Å². The van der Waals surface area contributed by atoms with Gasteiger partial charge in [-0.25, -0.2) is 9.97 Å². The van der Waals surface area contributed by atoms with E-state index in [9.17, 15) is 4.79 Å². The van der Waals surface area contributed by atoms with Crippen LogP contribution in [0.5, 0.6) is 0 Å². The monoisotopic (exact) mass is 517 g/mol. The van der Waals surface area contributed by atoms with Gasteiger partial charge in [0, 0.05) is 23.6 Å². The predicted molar refractivity (Wildman–Crippen MR) is 121 cm³/mol. The molecule has 5 rings (SSSR count). The van der Waals surface area contributed by atoms with Crippen molar-refractivity contribution >= 4 is 56.2 Å². The van der Waals surface area contributed by atoms with Crippen LogP contribution in [-0.2, 0) is 13.1 Å². The summed E-state index contributed by atoms with van der Waals surface area (Å²) in [6.07, 6.45) is 8.56. The van der Waals surface area contributed by atoms with Crippen molar-refractivity contribution in [1.82, 2.24) is 33.9 Å². The van der Waals surface area contributed by atoms with Crippen LogP contribution < -0.4 is 5.32 Å². The van der Waals surface area contributed by atoms with Gasteiger partial charge in [-0.3, -0.25) is 13.9 Å². The second-order valence-electron chi connectivity index (χ2n) is 6.87. The van der Waals surface area contributed by atoms with Crippen LogP contribution in [0.1, 0.15) is 21.7 Å². The Morgan fingerprint density at radius 2 is 2.06 bits per heavy atom. The highest BCUT2D eigenvalue weighted by Gasteiger charge is 2.13. The first-order valence-corrected chi connectivity index (χ1v) is 10.8. The van der Waals surface area contributed by atoms with Gasteiger partial charge in [-0.05, 0) is 40.2 Å². The standard InChI is InChI=1S/C20H14BrCl2N7O/c21-15-1-2-18-27-14(10-30(18)19(15)23)9-29-8-12(6-26-29)20(31)24-7-16-17-5-13(22)3-4-28(17)11-25-16/h1-6,8,10-11H,7,9H2,(H,24,31). The van der Waals surface area contributed by atoms with Crippen molar-refractivity contribution in [2.45, 2.75) is 13.1 Å². The first-order chi connectivity index (χ1) is 15.0. The van der Waals surface area contributed by atoms with E-state index in [1.807, 2.05) is 35.0 Å². The van der Waals surface area contributed by atoms with Gasteiger partial charge in [0.25, 0.3) is 5.91 Å². The molecular formula is C20H14BrCl2N7O. The lowest BCUT2D eigenvalue weighted by atomic mass is 10.3. The second-order valence-corrected chi connectivity index (χ2v) is 8.52. The smallest absolute Gasteiger partial charge is 0.254 e. The summed E-state index contributed by atoms with van der Waals surface area (Å²) in [4.78, 5) is 21.5. The van der Waals surface area contributed by atoms with Crippen molar-refractivity contribution in [2.75, 3.05) is 0 Å². The Balaban J connectivity index is 1.28. The van der Waals surface area contributed by atoms with E-state index in [1.54, 1.807) is 27.7 Å². The minimum atomic E-state index is -0.239. The average molecular weight is 519 g/mol. The van der Waals surface area contributed by atoms with Gasteiger partial charge < -0.3 is 9.72 Å². The molecule has 0 saturated heterocycles. The largest absolute Gasteiger partial charge is 0.346 e. The van der Waals surface area contributed by atoms with Crippen molar-refractivity contribution in [3.8, 4) is 0 Å². The van der Waals surface area contributed by atoms with E-state index in [2.05, 4.69) is 36.3 Å². The SMILES string of the molecule is O=C(NCc1ncn2ccc(Cl)cc12)c1cnn(Cc2cn3c(Cl)c(Br)ccc3n2)c1. The van der Waals surface area contributed by atoms with E-state index >= 15 is 0 Å². The summed E-state index contributed by atoms with van der Waals surface area (Å²) in [5, 5.41) is 8.31. The summed E-state index contributed by atoms with van der Waals surface area (Å²) in [7, 11) is 0. The Morgan fingerprint density at radius 3 is 2.94 bits per heavy atom. The quantitative estimate of drug-likeness (QED) is 0.353. The Kier molecular flexibility index (Phi) is 5.17. The lowest BCUT2D eigenvalue weighted by Gasteiger charge is -2.02. The fraction of sp³-hybridized carbons (Fsp3) is 0.100. The maximum Gasteiger partial charge on any atom is 0.254 e. The highest BCUT2D eigenvalue weighted by atomic mass is 79.9. The number of fused-ring (bicyclic) bond motifs is 2. The lowest BCUT2D eigenvalue weighted by Crippen LogP contribution is -2.22. The van der Waals surface area contributed by atoms with Crippen molar-refractivity contribution in [1.29, 1.82) is 0 Å². The number of carbonyl (C=O) groups excluding carboxylic acids is 1. The molecule has 5 heterocycles. The molecule has 0 aromatic carbocycles. The minimum absolute atomic E-state index is 0.239. The highest BCUT2D eigenvalue weighted by molar-refractivity contribution is 9.10. The Bertz CT molecular complexity index is 1440. The van der Waals surface area contributed by atoms with Crippen LogP contribution in [0.25, 0.3) is 11.2 Å². The summed E-state index contributed by atoms with van der Waals surface area (Å²) in [5.41, 5.74) is 3.54. The Hall–Kier alpha value is -2.88. The molecule has 0 aliphatic heterocycles. The molecule has 0 spiro atoms. The van der Waals surface area contributed by atoms with Gasteiger partial charge in [0.15, 0.2) is 0 Å². The normalized spacial score (nSPS) is 11.5.